The lowest BCUT2D eigenvalue weighted by Crippen LogP contribution is -1.99. The molecule has 124 valence electrons. The number of nitriles is 2. The Morgan fingerprint density at radius 1 is 0.630 bits per heavy atom. The van der Waals surface area contributed by atoms with E-state index in [1.807, 2.05) is 42.5 Å². The summed E-state index contributed by atoms with van der Waals surface area (Å²) in [6, 6.07) is 29.0. The first-order chi connectivity index (χ1) is 13.3. The van der Waals surface area contributed by atoms with Crippen molar-refractivity contribution in [1.82, 2.24) is 0 Å². The molecule has 0 atom stereocenters. The van der Waals surface area contributed by atoms with Crippen LogP contribution in [-0.4, -0.2) is 0 Å². The minimum atomic E-state index is 0.566. The van der Waals surface area contributed by atoms with Crippen molar-refractivity contribution in [1.29, 1.82) is 10.5 Å². The van der Waals surface area contributed by atoms with Gasteiger partial charge in [0.05, 0.1) is 17.2 Å². The third-order valence-electron chi connectivity index (χ3n) is 5.40. The predicted molar refractivity (Wildman–Crippen MR) is 109 cm³/mol. The second-order valence-corrected chi connectivity index (χ2v) is 6.78. The van der Waals surface area contributed by atoms with Gasteiger partial charge in [-0.2, -0.15) is 10.5 Å². The SMILES string of the molecule is N#Cc1ccccc1Cc1c(C#N)c2cccc3ccc4cccc1c4c32. The Hall–Kier alpha value is -3.88. The monoisotopic (exact) mass is 342 g/mol. The molecule has 0 aromatic heterocycles. The Morgan fingerprint density at radius 2 is 1.30 bits per heavy atom. The quantitative estimate of drug-likeness (QED) is 0.374. The van der Waals surface area contributed by atoms with Crippen LogP contribution in [-0.2, 0) is 6.42 Å². The molecular formula is C25H14N2. The van der Waals surface area contributed by atoms with Crippen LogP contribution >= 0.6 is 0 Å². The van der Waals surface area contributed by atoms with E-state index < -0.39 is 0 Å². The summed E-state index contributed by atoms with van der Waals surface area (Å²) in [6.45, 7) is 0. The number of hydrogen-bond donors (Lipinski definition) is 0. The highest BCUT2D eigenvalue weighted by Gasteiger charge is 2.18. The first-order valence-electron chi connectivity index (χ1n) is 8.88. The van der Waals surface area contributed by atoms with E-state index in [1.165, 1.54) is 10.8 Å². The van der Waals surface area contributed by atoms with Crippen LogP contribution in [0.5, 0.6) is 0 Å². The molecule has 0 unspecified atom stereocenters. The summed E-state index contributed by atoms with van der Waals surface area (Å²) in [4.78, 5) is 0. The summed E-state index contributed by atoms with van der Waals surface area (Å²) in [5.74, 6) is 0. The van der Waals surface area contributed by atoms with Crippen molar-refractivity contribution < 1.29 is 0 Å². The summed E-state index contributed by atoms with van der Waals surface area (Å²) < 4.78 is 0. The third kappa shape index (κ3) is 2.18. The fourth-order valence-corrected chi connectivity index (χ4v) is 4.20. The van der Waals surface area contributed by atoms with E-state index in [4.69, 9.17) is 0 Å². The van der Waals surface area contributed by atoms with E-state index in [2.05, 4.69) is 42.5 Å². The average Bonchev–Trinajstić information content (AvgIpc) is 2.73. The molecule has 0 aliphatic carbocycles. The van der Waals surface area contributed by atoms with Crippen LogP contribution < -0.4 is 0 Å². The molecule has 5 aromatic carbocycles. The summed E-state index contributed by atoms with van der Waals surface area (Å²) in [5.41, 5.74) is 3.31. The van der Waals surface area contributed by atoms with E-state index in [1.54, 1.807) is 0 Å². The fraction of sp³-hybridized carbons (Fsp3) is 0.0400. The lowest BCUT2D eigenvalue weighted by Gasteiger charge is -2.17. The van der Waals surface area contributed by atoms with Crippen molar-refractivity contribution >= 4 is 32.3 Å². The van der Waals surface area contributed by atoms with Crippen LogP contribution in [0.3, 0.4) is 0 Å². The van der Waals surface area contributed by atoms with Crippen LogP contribution in [0.4, 0.5) is 0 Å². The van der Waals surface area contributed by atoms with Crippen LogP contribution in [0, 0.1) is 22.7 Å². The molecular weight excluding hydrogens is 328 g/mol. The molecule has 0 amide bonds. The van der Waals surface area contributed by atoms with E-state index in [0.717, 1.165) is 32.7 Å². The molecule has 0 saturated heterocycles. The van der Waals surface area contributed by atoms with Crippen LogP contribution in [0.2, 0.25) is 0 Å². The highest BCUT2D eigenvalue weighted by Crippen LogP contribution is 2.39. The summed E-state index contributed by atoms with van der Waals surface area (Å²) in [7, 11) is 0. The van der Waals surface area contributed by atoms with Gasteiger partial charge in [0.2, 0.25) is 0 Å². The smallest absolute Gasteiger partial charge is 0.100 e. The molecule has 0 heterocycles. The number of rotatable bonds is 2. The molecule has 2 nitrogen and oxygen atoms in total. The van der Waals surface area contributed by atoms with Crippen molar-refractivity contribution in [3.63, 3.8) is 0 Å². The standard InChI is InChI=1S/C25H14N2/c26-14-19-6-2-1-5-18(19)13-22-20-9-3-7-16-11-12-17-8-4-10-21(23(22)15-27)25(17)24(16)20/h1-12H,13H2. The number of hydrogen-bond acceptors (Lipinski definition) is 2. The lowest BCUT2D eigenvalue weighted by atomic mass is 9.85. The van der Waals surface area contributed by atoms with Gasteiger partial charge in [0.25, 0.3) is 0 Å². The predicted octanol–water partition coefficient (Wildman–Crippen LogP) is 5.92. The maximum atomic E-state index is 10.0. The molecule has 0 bridgehead atoms. The first kappa shape index (κ1) is 15.4. The number of benzene rings is 5. The topological polar surface area (TPSA) is 47.6 Å². The van der Waals surface area contributed by atoms with Crippen molar-refractivity contribution in [3.05, 3.63) is 95.1 Å². The van der Waals surface area contributed by atoms with E-state index in [-0.39, 0.29) is 0 Å². The highest BCUT2D eigenvalue weighted by atomic mass is 14.3. The van der Waals surface area contributed by atoms with Gasteiger partial charge in [-0.15, -0.1) is 0 Å². The second-order valence-electron chi connectivity index (χ2n) is 6.78. The molecule has 27 heavy (non-hydrogen) atoms. The minimum Gasteiger partial charge on any atom is -0.192 e. The van der Waals surface area contributed by atoms with Crippen molar-refractivity contribution in [2.75, 3.05) is 0 Å². The van der Waals surface area contributed by atoms with Gasteiger partial charge < -0.3 is 0 Å². The van der Waals surface area contributed by atoms with Gasteiger partial charge in [-0.3, -0.25) is 0 Å². The van der Waals surface area contributed by atoms with E-state index in [9.17, 15) is 10.5 Å². The van der Waals surface area contributed by atoms with Crippen LogP contribution in [0.15, 0.2) is 72.8 Å². The van der Waals surface area contributed by atoms with Crippen molar-refractivity contribution in [2.24, 2.45) is 0 Å². The van der Waals surface area contributed by atoms with Gasteiger partial charge in [-0.1, -0.05) is 66.7 Å². The molecule has 0 aliphatic heterocycles. The molecule has 0 aliphatic rings. The fourth-order valence-electron chi connectivity index (χ4n) is 4.20. The Kier molecular flexibility index (Phi) is 3.32. The zero-order valence-corrected chi connectivity index (χ0v) is 14.5. The van der Waals surface area contributed by atoms with Gasteiger partial charge in [-0.25, -0.2) is 0 Å². The highest BCUT2D eigenvalue weighted by molar-refractivity contribution is 6.25. The summed E-state index contributed by atoms with van der Waals surface area (Å²) in [5, 5.41) is 26.3. The Labute approximate surface area is 156 Å². The van der Waals surface area contributed by atoms with Crippen LogP contribution in [0.25, 0.3) is 32.3 Å². The summed E-state index contributed by atoms with van der Waals surface area (Å²) in [6.07, 6.45) is 0.566. The molecule has 0 saturated carbocycles. The second kappa shape index (κ2) is 5.84. The summed E-state index contributed by atoms with van der Waals surface area (Å²) >= 11 is 0. The van der Waals surface area contributed by atoms with Crippen molar-refractivity contribution in [2.45, 2.75) is 6.42 Å². The average molecular weight is 342 g/mol. The van der Waals surface area contributed by atoms with Gasteiger partial charge in [0, 0.05) is 11.8 Å². The molecule has 2 heteroatoms. The van der Waals surface area contributed by atoms with Gasteiger partial charge in [0.1, 0.15) is 6.07 Å². The van der Waals surface area contributed by atoms with E-state index >= 15 is 0 Å². The number of nitrogens with zero attached hydrogens (tertiary/aromatic N) is 2. The molecule has 0 radical (unpaired) electrons. The Bertz CT molecular complexity index is 1410. The molecule has 0 spiro atoms. The van der Waals surface area contributed by atoms with Gasteiger partial charge >= 0.3 is 0 Å². The molecule has 0 N–H and O–H groups in total. The maximum absolute atomic E-state index is 10.0. The van der Waals surface area contributed by atoms with Crippen LogP contribution in [0.1, 0.15) is 22.3 Å². The Morgan fingerprint density at radius 3 is 2.00 bits per heavy atom. The van der Waals surface area contributed by atoms with Gasteiger partial charge in [-0.05, 0) is 44.1 Å². The normalized spacial score (nSPS) is 11.0. The minimum absolute atomic E-state index is 0.566. The van der Waals surface area contributed by atoms with Gasteiger partial charge in [0.15, 0.2) is 0 Å². The van der Waals surface area contributed by atoms with Crippen molar-refractivity contribution in [3.8, 4) is 12.1 Å². The molecule has 5 aromatic rings. The van der Waals surface area contributed by atoms with E-state index in [0.29, 0.717) is 17.5 Å². The molecule has 0 fully saturated rings. The molecule has 5 rings (SSSR count). The largest absolute Gasteiger partial charge is 0.192 e. The lowest BCUT2D eigenvalue weighted by molar-refractivity contribution is 1.19. The third-order valence-corrected chi connectivity index (χ3v) is 5.40. The Balaban J connectivity index is 1.94. The zero-order chi connectivity index (χ0) is 18.4. The first-order valence-corrected chi connectivity index (χ1v) is 8.88. The zero-order valence-electron chi connectivity index (χ0n) is 14.5. The maximum Gasteiger partial charge on any atom is 0.100 e.